The number of carbonyl (C=O) groups is 1. The predicted molar refractivity (Wildman–Crippen MR) is 67.0 cm³/mol. The van der Waals surface area contributed by atoms with Gasteiger partial charge in [-0.1, -0.05) is 6.07 Å². The van der Waals surface area contributed by atoms with Gasteiger partial charge in [-0.3, -0.25) is 4.79 Å². The molecule has 1 heterocycles. The van der Waals surface area contributed by atoms with E-state index in [1.54, 1.807) is 24.7 Å². The van der Waals surface area contributed by atoms with Crippen molar-refractivity contribution in [3.63, 3.8) is 0 Å². The van der Waals surface area contributed by atoms with Crippen LogP contribution in [-0.2, 0) is 11.3 Å². The molecular weight excluding hydrogens is 232 g/mol. The van der Waals surface area contributed by atoms with Crippen LogP contribution in [0.3, 0.4) is 0 Å². The number of aromatic nitrogens is 2. The van der Waals surface area contributed by atoms with Crippen molar-refractivity contribution < 1.29 is 9.53 Å². The Bertz CT molecular complexity index is 511. The zero-order valence-electron chi connectivity index (χ0n) is 9.72. The van der Waals surface area contributed by atoms with Crippen LogP contribution < -0.4 is 15.8 Å². The third-order valence-corrected chi connectivity index (χ3v) is 2.25. The molecule has 1 amide bonds. The molecule has 1 aromatic carbocycles. The number of H-pyrrole nitrogens is 1. The average Bonchev–Trinajstić information content (AvgIpc) is 2.87. The molecule has 18 heavy (non-hydrogen) atoms. The minimum absolute atomic E-state index is 0.121. The summed E-state index contributed by atoms with van der Waals surface area (Å²) in [7, 11) is 0. The highest BCUT2D eigenvalue weighted by Crippen LogP contribution is 2.17. The molecule has 2 rings (SSSR count). The molecule has 0 aliphatic heterocycles. The lowest BCUT2D eigenvalue weighted by atomic mass is 10.3. The van der Waals surface area contributed by atoms with Gasteiger partial charge < -0.3 is 20.8 Å². The molecule has 0 aliphatic rings. The van der Waals surface area contributed by atoms with Gasteiger partial charge >= 0.3 is 0 Å². The molecule has 0 unspecified atom stereocenters. The van der Waals surface area contributed by atoms with Gasteiger partial charge in [0.1, 0.15) is 5.75 Å². The Morgan fingerprint density at radius 2 is 2.39 bits per heavy atom. The third kappa shape index (κ3) is 3.51. The Morgan fingerprint density at radius 3 is 3.11 bits per heavy atom. The van der Waals surface area contributed by atoms with Gasteiger partial charge in [0.05, 0.1) is 18.6 Å². The van der Waals surface area contributed by atoms with Gasteiger partial charge in [-0.25, -0.2) is 4.98 Å². The zero-order chi connectivity index (χ0) is 12.8. The van der Waals surface area contributed by atoms with Crippen LogP contribution in [0.15, 0.2) is 36.8 Å². The number of hydrogen-bond acceptors (Lipinski definition) is 4. The van der Waals surface area contributed by atoms with Gasteiger partial charge in [0.25, 0.3) is 5.91 Å². The minimum Gasteiger partial charge on any atom is -0.484 e. The molecule has 2 aromatic rings. The fraction of sp³-hybridized carbons (Fsp3) is 0.167. The molecule has 0 saturated carbocycles. The van der Waals surface area contributed by atoms with Gasteiger partial charge in [-0.15, -0.1) is 0 Å². The number of benzene rings is 1. The van der Waals surface area contributed by atoms with Gasteiger partial charge in [-0.05, 0) is 12.1 Å². The minimum atomic E-state index is -0.495. The van der Waals surface area contributed by atoms with Gasteiger partial charge in [0.15, 0.2) is 6.61 Å². The van der Waals surface area contributed by atoms with E-state index in [-0.39, 0.29) is 6.61 Å². The van der Waals surface area contributed by atoms with E-state index >= 15 is 0 Å². The van der Waals surface area contributed by atoms with Crippen molar-refractivity contribution in [1.29, 1.82) is 0 Å². The summed E-state index contributed by atoms with van der Waals surface area (Å²) in [5.41, 5.74) is 6.89. The smallest absolute Gasteiger partial charge is 0.255 e. The number of ether oxygens (including phenoxy) is 1. The molecule has 0 spiro atoms. The van der Waals surface area contributed by atoms with Crippen molar-refractivity contribution in [3.05, 3.63) is 42.5 Å². The number of anilines is 1. The van der Waals surface area contributed by atoms with Crippen molar-refractivity contribution in [2.45, 2.75) is 6.54 Å². The Labute approximate surface area is 104 Å². The molecule has 0 fully saturated rings. The van der Waals surface area contributed by atoms with Crippen LogP contribution in [0.4, 0.5) is 5.69 Å². The van der Waals surface area contributed by atoms with E-state index < -0.39 is 5.91 Å². The second kappa shape index (κ2) is 5.72. The maximum absolute atomic E-state index is 10.6. The van der Waals surface area contributed by atoms with Crippen LogP contribution in [0, 0.1) is 0 Å². The van der Waals surface area contributed by atoms with E-state index in [0.717, 1.165) is 11.4 Å². The van der Waals surface area contributed by atoms with E-state index in [2.05, 4.69) is 15.3 Å². The molecule has 94 valence electrons. The number of imidazole rings is 1. The van der Waals surface area contributed by atoms with Crippen molar-refractivity contribution in [1.82, 2.24) is 9.97 Å². The number of primary amides is 1. The van der Waals surface area contributed by atoms with Crippen LogP contribution in [0.25, 0.3) is 0 Å². The molecular formula is C12H14N4O2. The quantitative estimate of drug-likeness (QED) is 0.705. The van der Waals surface area contributed by atoms with Crippen LogP contribution in [-0.4, -0.2) is 22.5 Å². The molecule has 0 bridgehead atoms. The third-order valence-electron chi connectivity index (χ3n) is 2.25. The molecule has 4 N–H and O–H groups in total. The first-order valence-electron chi connectivity index (χ1n) is 5.46. The first kappa shape index (κ1) is 12.0. The van der Waals surface area contributed by atoms with Gasteiger partial charge in [-0.2, -0.15) is 0 Å². The second-order valence-corrected chi connectivity index (χ2v) is 3.71. The van der Waals surface area contributed by atoms with E-state index in [1.807, 2.05) is 12.1 Å². The van der Waals surface area contributed by atoms with Crippen molar-refractivity contribution >= 4 is 11.6 Å². The number of hydrogen-bond donors (Lipinski definition) is 3. The standard InChI is InChI=1S/C12H14N4O2/c13-12(17)7-18-11-3-1-2-9(4-11)15-6-10-5-14-8-16-10/h1-5,8,15H,6-7H2,(H2,13,17)(H,14,16). The Kier molecular flexibility index (Phi) is 3.80. The topological polar surface area (TPSA) is 93.0 Å². The molecule has 0 aliphatic carbocycles. The zero-order valence-corrected chi connectivity index (χ0v) is 9.72. The lowest BCUT2D eigenvalue weighted by Crippen LogP contribution is -2.20. The Morgan fingerprint density at radius 1 is 1.50 bits per heavy atom. The van der Waals surface area contributed by atoms with Crippen molar-refractivity contribution in [2.75, 3.05) is 11.9 Å². The summed E-state index contributed by atoms with van der Waals surface area (Å²) < 4.78 is 5.21. The summed E-state index contributed by atoms with van der Waals surface area (Å²) in [6.45, 7) is 0.517. The number of nitrogens with one attached hydrogen (secondary N) is 2. The van der Waals surface area contributed by atoms with E-state index in [1.165, 1.54) is 0 Å². The highest BCUT2D eigenvalue weighted by molar-refractivity contribution is 5.75. The van der Waals surface area contributed by atoms with Gasteiger partial charge in [0.2, 0.25) is 0 Å². The summed E-state index contributed by atoms with van der Waals surface area (Å²) in [5, 5.41) is 3.21. The van der Waals surface area contributed by atoms with Crippen molar-refractivity contribution in [2.24, 2.45) is 5.73 Å². The Hall–Kier alpha value is -2.50. The normalized spacial score (nSPS) is 10.0. The molecule has 0 saturated heterocycles. The number of carbonyl (C=O) groups excluding carboxylic acids is 1. The SMILES string of the molecule is NC(=O)COc1cccc(NCc2cnc[nH]2)c1. The largest absolute Gasteiger partial charge is 0.484 e. The molecule has 1 aromatic heterocycles. The molecule has 0 radical (unpaired) electrons. The van der Waals surface area contributed by atoms with Crippen molar-refractivity contribution in [3.8, 4) is 5.75 Å². The number of amides is 1. The lowest BCUT2D eigenvalue weighted by Gasteiger charge is -2.08. The summed E-state index contributed by atoms with van der Waals surface area (Å²) in [6.07, 6.45) is 3.38. The first-order chi connectivity index (χ1) is 8.74. The summed E-state index contributed by atoms with van der Waals surface area (Å²) in [5.74, 6) is 0.106. The predicted octanol–water partition coefficient (Wildman–Crippen LogP) is 0.886. The Balaban J connectivity index is 1.92. The van der Waals surface area contributed by atoms with Crippen LogP contribution in [0.2, 0.25) is 0 Å². The van der Waals surface area contributed by atoms with E-state index in [0.29, 0.717) is 12.3 Å². The highest BCUT2D eigenvalue weighted by atomic mass is 16.5. The summed E-state index contributed by atoms with van der Waals surface area (Å²) in [6, 6.07) is 7.32. The molecule has 6 heteroatoms. The number of rotatable bonds is 6. The van der Waals surface area contributed by atoms with Crippen LogP contribution in [0.5, 0.6) is 5.75 Å². The fourth-order valence-electron chi connectivity index (χ4n) is 1.43. The number of nitrogens with two attached hydrogens (primary N) is 1. The molecule has 6 nitrogen and oxygen atoms in total. The number of nitrogens with zero attached hydrogens (tertiary/aromatic N) is 1. The van der Waals surface area contributed by atoms with E-state index in [9.17, 15) is 4.79 Å². The lowest BCUT2D eigenvalue weighted by molar-refractivity contribution is -0.119. The number of aromatic amines is 1. The van der Waals surface area contributed by atoms with Crippen LogP contribution in [0.1, 0.15) is 5.69 Å². The van der Waals surface area contributed by atoms with Crippen LogP contribution >= 0.6 is 0 Å². The monoisotopic (exact) mass is 246 g/mol. The maximum Gasteiger partial charge on any atom is 0.255 e. The second-order valence-electron chi connectivity index (χ2n) is 3.71. The molecule has 0 atom stereocenters. The summed E-state index contributed by atoms with van der Waals surface area (Å²) in [4.78, 5) is 17.5. The first-order valence-corrected chi connectivity index (χ1v) is 5.46. The maximum atomic E-state index is 10.6. The highest BCUT2D eigenvalue weighted by Gasteiger charge is 2.00. The van der Waals surface area contributed by atoms with E-state index in [4.69, 9.17) is 10.5 Å². The fourth-order valence-corrected chi connectivity index (χ4v) is 1.43. The summed E-state index contributed by atoms with van der Waals surface area (Å²) >= 11 is 0. The average molecular weight is 246 g/mol. The van der Waals surface area contributed by atoms with Gasteiger partial charge in [0, 0.05) is 18.0 Å².